The Labute approximate surface area is 191 Å². The van der Waals surface area contributed by atoms with Crippen LogP contribution >= 0.6 is 0 Å². The number of hydrogen-bond acceptors (Lipinski definition) is 4. The molecular weight excluding hydrogens is 402 g/mol. The second-order valence-electron chi connectivity index (χ2n) is 8.74. The average Bonchev–Trinajstić information content (AvgIpc) is 2.78. The van der Waals surface area contributed by atoms with Gasteiger partial charge in [0.05, 0.1) is 6.04 Å². The van der Waals surface area contributed by atoms with Crippen molar-refractivity contribution in [1.29, 1.82) is 0 Å². The molecule has 0 heterocycles. The summed E-state index contributed by atoms with van der Waals surface area (Å²) in [6, 6.07) is 16.3. The first kappa shape index (κ1) is 25.4. The quantitative estimate of drug-likeness (QED) is 0.471. The maximum absolute atomic E-state index is 12.8. The Morgan fingerprint density at radius 3 is 2.16 bits per heavy atom. The van der Waals surface area contributed by atoms with Gasteiger partial charge >= 0.3 is 0 Å². The third-order valence-corrected chi connectivity index (χ3v) is 5.31. The predicted molar refractivity (Wildman–Crippen MR) is 128 cm³/mol. The molecule has 0 saturated carbocycles. The van der Waals surface area contributed by atoms with Gasteiger partial charge in [-0.2, -0.15) is 0 Å². The zero-order chi connectivity index (χ0) is 23.5. The number of amides is 2. The summed E-state index contributed by atoms with van der Waals surface area (Å²) < 4.78 is 5.83. The minimum absolute atomic E-state index is 0.0278. The van der Waals surface area contributed by atoms with Gasteiger partial charge in [0.2, 0.25) is 11.8 Å². The Hall–Kier alpha value is -2.86. The lowest BCUT2D eigenvalue weighted by Gasteiger charge is -2.23. The van der Waals surface area contributed by atoms with Gasteiger partial charge in [-0.05, 0) is 48.9 Å². The first-order chi connectivity index (χ1) is 15.3. The van der Waals surface area contributed by atoms with Gasteiger partial charge in [0.1, 0.15) is 18.4 Å². The molecule has 0 aromatic heterocycles. The summed E-state index contributed by atoms with van der Waals surface area (Å²) in [6.07, 6.45) is 1.76. The van der Waals surface area contributed by atoms with E-state index in [4.69, 9.17) is 10.5 Å². The molecule has 0 bridgehead atoms. The highest BCUT2D eigenvalue weighted by atomic mass is 16.5. The van der Waals surface area contributed by atoms with E-state index in [0.29, 0.717) is 25.4 Å². The third kappa shape index (κ3) is 8.71. The van der Waals surface area contributed by atoms with Crippen molar-refractivity contribution in [3.05, 3.63) is 65.7 Å². The van der Waals surface area contributed by atoms with Crippen LogP contribution in [-0.2, 0) is 22.6 Å². The van der Waals surface area contributed by atoms with Gasteiger partial charge in [-0.25, -0.2) is 0 Å². The molecule has 2 aromatic carbocycles. The van der Waals surface area contributed by atoms with Crippen LogP contribution in [0, 0.1) is 5.92 Å². The standard InChI is InChI=1S/C26H37N3O3/c1-5-19(4)28-26(31)24(29-25(30)23(27)15-18(2)3)16-20-11-13-22(14-12-20)32-17-21-9-7-6-8-10-21/h6-14,18-19,23-24H,5,15-17,27H2,1-4H3,(H,28,31)(H,29,30). The van der Waals surface area contributed by atoms with E-state index in [9.17, 15) is 9.59 Å². The lowest BCUT2D eigenvalue weighted by molar-refractivity contribution is -0.130. The van der Waals surface area contributed by atoms with Crippen LogP contribution in [0.4, 0.5) is 0 Å². The van der Waals surface area contributed by atoms with Crippen molar-refractivity contribution < 1.29 is 14.3 Å². The number of carbonyl (C=O) groups is 2. The highest BCUT2D eigenvalue weighted by Gasteiger charge is 2.25. The first-order valence-corrected chi connectivity index (χ1v) is 11.4. The third-order valence-electron chi connectivity index (χ3n) is 5.31. The number of rotatable bonds is 12. The maximum atomic E-state index is 12.8. The fourth-order valence-electron chi connectivity index (χ4n) is 3.25. The van der Waals surface area contributed by atoms with Crippen LogP contribution in [0.3, 0.4) is 0 Å². The Kier molecular flexibility index (Phi) is 10.2. The highest BCUT2D eigenvalue weighted by Crippen LogP contribution is 2.16. The van der Waals surface area contributed by atoms with Gasteiger partial charge < -0.3 is 21.1 Å². The van der Waals surface area contributed by atoms with Crippen molar-refractivity contribution >= 4 is 11.8 Å². The van der Waals surface area contributed by atoms with Crippen LogP contribution in [0.15, 0.2) is 54.6 Å². The van der Waals surface area contributed by atoms with Crippen LogP contribution in [0.1, 0.15) is 51.7 Å². The molecule has 0 spiro atoms. The molecule has 0 aliphatic carbocycles. The lowest BCUT2D eigenvalue weighted by atomic mass is 10.0. The summed E-state index contributed by atoms with van der Waals surface area (Å²) in [5, 5.41) is 5.82. The second-order valence-corrected chi connectivity index (χ2v) is 8.74. The molecule has 4 N–H and O–H groups in total. The van der Waals surface area contributed by atoms with Gasteiger partial charge in [0.25, 0.3) is 0 Å². The van der Waals surface area contributed by atoms with E-state index in [1.54, 1.807) is 0 Å². The maximum Gasteiger partial charge on any atom is 0.243 e. The zero-order valence-corrected chi connectivity index (χ0v) is 19.6. The fourth-order valence-corrected chi connectivity index (χ4v) is 3.25. The van der Waals surface area contributed by atoms with E-state index in [1.807, 2.05) is 82.3 Å². The summed E-state index contributed by atoms with van der Waals surface area (Å²) in [5.41, 5.74) is 8.05. The van der Waals surface area contributed by atoms with Crippen molar-refractivity contribution in [1.82, 2.24) is 10.6 Å². The molecule has 6 heteroatoms. The number of ether oxygens (including phenoxy) is 1. The Balaban J connectivity index is 2.03. The van der Waals surface area contributed by atoms with Crippen LogP contribution in [0.2, 0.25) is 0 Å². The number of benzene rings is 2. The van der Waals surface area contributed by atoms with E-state index in [0.717, 1.165) is 23.3 Å². The van der Waals surface area contributed by atoms with Crippen molar-refractivity contribution in [2.75, 3.05) is 0 Å². The van der Waals surface area contributed by atoms with Crippen LogP contribution < -0.4 is 21.1 Å². The van der Waals surface area contributed by atoms with Gasteiger partial charge in [0, 0.05) is 12.5 Å². The Morgan fingerprint density at radius 1 is 0.906 bits per heavy atom. The summed E-state index contributed by atoms with van der Waals surface area (Å²) in [6.45, 7) is 8.47. The fraction of sp³-hybridized carbons (Fsp3) is 0.462. The van der Waals surface area contributed by atoms with Crippen molar-refractivity contribution in [3.8, 4) is 5.75 Å². The predicted octanol–water partition coefficient (Wildman–Crippen LogP) is 3.58. The number of nitrogens with one attached hydrogen (secondary N) is 2. The number of nitrogens with two attached hydrogens (primary N) is 1. The molecule has 3 unspecified atom stereocenters. The topological polar surface area (TPSA) is 93.5 Å². The minimum atomic E-state index is -0.689. The smallest absolute Gasteiger partial charge is 0.243 e. The van der Waals surface area contributed by atoms with Gasteiger partial charge in [-0.15, -0.1) is 0 Å². The summed E-state index contributed by atoms with van der Waals surface area (Å²) in [7, 11) is 0. The molecule has 0 aliphatic heterocycles. The van der Waals surface area contributed by atoms with Gasteiger partial charge in [-0.3, -0.25) is 9.59 Å². The summed E-state index contributed by atoms with van der Waals surface area (Å²) in [5.74, 6) is 0.549. The van der Waals surface area contributed by atoms with Gasteiger partial charge in [-0.1, -0.05) is 63.2 Å². The van der Waals surface area contributed by atoms with Crippen molar-refractivity contribution in [2.24, 2.45) is 11.7 Å². The molecule has 32 heavy (non-hydrogen) atoms. The Morgan fingerprint density at radius 2 is 1.56 bits per heavy atom. The molecule has 0 saturated heterocycles. The van der Waals surface area contributed by atoms with Gasteiger partial charge in [0.15, 0.2) is 0 Å². The van der Waals surface area contributed by atoms with E-state index in [1.165, 1.54) is 0 Å². The Bertz CT molecular complexity index is 837. The van der Waals surface area contributed by atoms with Crippen LogP contribution in [-0.4, -0.2) is 29.9 Å². The number of hydrogen-bond donors (Lipinski definition) is 3. The monoisotopic (exact) mass is 439 g/mol. The molecule has 0 fully saturated rings. The van der Waals surface area contributed by atoms with E-state index >= 15 is 0 Å². The van der Waals surface area contributed by atoms with Crippen molar-refractivity contribution in [3.63, 3.8) is 0 Å². The summed E-state index contributed by atoms with van der Waals surface area (Å²) in [4.78, 5) is 25.4. The SMILES string of the molecule is CCC(C)NC(=O)C(Cc1ccc(OCc2ccccc2)cc1)NC(=O)C(N)CC(C)C. The summed E-state index contributed by atoms with van der Waals surface area (Å²) >= 11 is 0. The van der Waals surface area contributed by atoms with Crippen LogP contribution in [0.5, 0.6) is 5.75 Å². The van der Waals surface area contributed by atoms with E-state index in [-0.39, 0.29) is 17.9 Å². The molecule has 0 radical (unpaired) electrons. The lowest BCUT2D eigenvalue weighted by Crippen LogP contribution is -2.53. The van der Waals surface area contributed by atoms with E-state index < -0.39 is 12.1 Å². The zero-order valence-electron chi connectivity index (χ0n) is 19.6. The molecule has 0 aliphatic rings. The first-order valence-electron chi connectivity index (χ1n) is 11.4. The van der Waals surface area contributed by atoms with Crippen molar-refractivity contribution in [2.45, 2.75) is 71.7 Å². The number of carbonyl (C=O) groups excluding carboxylic acids is 2. The minimum Gasteiger partial charge on any atom is -0.489 e. The highest BCUT2D eigenvalue weighted by molar-refractivity contribution is 5.90. The molecule has 2 amide bonds. The molecule has 174 valence electrons. The second kappa shape index (κ2) is 12.9. The molecule has 6 nitrogen and oxygen atoms in total. The largest absolute Gasteiger partial charge is 0.489 e. The molecular formula is C26H37N3O3. The normalized spacial score (nSPS) is 13.8. The molecule has 3 atom stereocenters. The van der Waals surface area contributed by atoms with E-state index in [2.05, 4.69) is 10.6 Å². The molecule has 2 rings (SSSR count). The molecule has 2 aromatic rings. The van der Waals surface area contributed by atoms with Crippen LogP contribution in [0.25, 0.3) is 0 Å². The average molecular weight is 440 g/mol.